The van der Waals surface area contributed by atoms with Gasteiger partial charge < -0.3 is 10.1 Å². The lowest BCUT2D eigenvalue weighted by Crippen LogP contribution is -2.26. The van der Waals surface area contributed by atoms with E-state index in [0.29, 0.717) is 5.69 Å². The fourth-order valence-electron chi connectivity index (χ4n) is 2.61. The average Bonchev–Trinajstić information content (AvgIpc) is 3.22. The molecule has 1 heterocycles. The van der Waals surface area contributed by atoms with Crippen LogP contribution < -0.4 is 9.62 Å². The molecule has 0 spiro atoms. The molecule has 3 rings (SSSR count). The maximum atomic E-state index is 12.8. The van der Waals surface area contributed by atoms with Crippen molar-refractivity contribution in [1.82, 2.24) is 9.59 Å². The number of amides is 1. The Labute approximate surface area is 183 Å². The molecule has 1 aromatic heterocycles. The van der Waals surface area contributed by atoms with E-state index < -0.39 is 21.9 Å². The summed E-state index contributed by atoms with van der Waals surface area (Å²) in [5.74, 6) is -1.17. The molecule has 0 bridgehead atoms. The second kappa shape index (κ2) is 9.23. The van der Waals surface area contributed by atoms with Crippen LogP contribution >= 0.6 is 11.5 Å². The van der Waals surface area contributed by atoms with E-state index in [0.717, 1.165) is 21.4 Å². The Morgan fingerprint density at radius 3 is 2.35 bits per heavy atom. The molecule has 9 nitrogen and oxygen atoms in total. The van der Waals surface area contributed by atoms with Gasteiger partial charge in [-0.25, -0.2) is 13.2 Å². The molecule has 0 aliphatic heterocycles. The summed E-state index contributed by atoms with van der Waals surface area (Å²) in [4.78, 5) is 24.6. The number of carbonyl (C=O) groups excluding carboxylic acids is 2. The maximum Gasteiger partial charge on any atom is 0.362 e. The van der Waals surface area contributed by atoms with E-state index in [1.165, 1.54) is 31.3 Å². The lowest BCUT2D eigenvalue weighted by atomic mass is 10.2. The summed E-state index contributed by atoms with van der Waals surface area (Å²) in [6.07, 6.45) is 0. The molecule has 0 saturated carbocycles. The SMILES string of the molecule is CCOC(=O)c1nnsc1NC(=O)c1ccc(N(C)S(=O)(=O)c2ccc(C)cc2)cc1. The number of benzene rings is 2. The third-order valence-electron chi connectivity index (χ3n) is 4.36. The number of esters is 1. The number of nitrogens with zero attached hydrogens (tertiary/aromatic N) is 3. The zero-order valence-electron chi connectivity index (χ0n) is 17.0. The van der Waals surface area contributed by atoms with Crippen LogP contribution in [-0.4, -0.2) is 43.5 Å². The van der Waals surface area contributed by atoms with E-state index in [-0.39, 0.29) is 27.8 Å². The molecule has 0 aliphatic carbocycles. The number of nitrogens with one attached hydrogen (secondary N) is 1. The number of rotatable bonds is 7. The van der Waals surface area contributed by atoms with Gasteiger partial charge in [0, 0.05) is 24.1 Å². The summed E-state index contributed by atoms with van der Waals surface area (Å²) in [6.45, 7) is 3.71. The largest absolute Gasteiger partial charge is 0.461 e. The highest BCUT2D eigenvalue weighted by Gasteiger charge is 2.22. The normalized spacial score (nSPS) is 11.1. The van der Waals surface area contributed by atoms with Crippen LogP contribution in [0.2, 0.25) is 0 Å². The minimum atomic E-state index is -3.74. The van der Waals surface area contributed by atoms with E-state index >= 15 is 0 Å². The molecule has 0 unspecified atom stereocenters. The second-order valence-electron chi connectivity index (χ2n) is 6.46. The number of anilines is 2. The molecule has 2 aromatic carbocycles. The van der Waals surface area contributed by atoms with E-state index in [1.54, 1.807) is 31.2 Å². The first-order valence-electron chi connectivity index (χ1n) is 9.20. The number of sulfonamides is 1. The fourth-order valence-corrected chi connectivity index (χ4v) is 4.36. The number of hydrogen-bond acceptors (Lipinski definition) is 8. The van der Waals surface area contributed by atoms with Gasteiger partial charge in [0.15, 0.2) is 5.00 Å². The summed E-state index contributed by atoms with van der Waals surface area (Å²) >= 11 is 0.855. The second-order valence-corrected chi connectivity index (χ2v) is 9.18. The van der Waals surface area contributed by atoms with Crippen LogP contribution in [0.1, 0.15) is 33.3 Å². The van der Waals surface area contributed by atoms with Crippen molar-refractivity contribution in [3.8, 4) is 0 Å². The Hall–Kier alpha value is -3.31. The Morgan fingerprint density at radius 2 is 1.74 bits per heavy atom. The Balaban J connectivity index is 1.76. The molecule has 0 atom stereocenters. The monoisotopic (exact) mass is 460 g/mol. The van der Waals surface area contributed by atoms with Gasteiger partial charge in [-0.05, 0) is 50.2 Å². The van der Waals surface area contributed by atoms with Gasteiger partial charge in [-0.1, -0.05) is 22.2 Å². The summed E-state index contributed by atoms with van der Waals surface area (Å²) in [6, 6.07) is 12.6. The molecule has 3 aromatic rings. The molecule has 0 aliphatic rings. The standard InChI is InChI=1S/C20H20N4O5S2/c1-4-29-20(26)17-19(30-23-22-17)21-18(25)14-7-9-15(10-8-14)24(3)31(27,28)16-11-5-13(2)6-12-16/h5-12H,4H2,1-3H3,(H,21,25). The van der Waals surface area contributed by atoms with Crippen LogP contribution in [-0.2, 0) is 14.8 Å². The highest BCUT2D eigenvalue weighted by molar-refractivity contribution is 7.92. The van der Waals surface area contributed by atoms with Gasteiger partial charge in [0.2, 0.25) is 5.69 Å². The van der Waals surface area contributed by atoms with Crippen molar-refractivity contribution in [3.05, 3.63) is 65.4 Å². The molecule has 1 amide bonds. The predicted molar refractivity (Wildman–Crippen MR) is 117 cm³/mol. The smallest absolute Gasteiger partial charge is 0.362 e. The minimum absolute atomic E-state index is 0.0688. The highest BCUT2D eigenvalue weighted by Crippen LogP contribution is 2.24. The van der Waals surface area contributed by atoms with Crippen molar-refractivity contribution in [2.45, 2.75) is 18.7 Å². The summed E-state index contributed by atoms with van der Waals surface area (Å²) in [5, 5.41) is 6.44. The first kappa shape index (κ1) is 22.4. The first-order valence-corrected chi connectivity index (χ1v) is 11.4. The molecule has 31 heavy (non-hydrogen) atoms. The number of aromatic nitrogens is 2. The topological polar surface area (TPSA) is 119 Å². The van der Waals surface area contributed by atoms with Gasteiger partial charge in [-0.3, -0.25) is 9.10 Å². The van der Waals surface area contributed by atoms with Gasteiger partial charge in [0.05, 0.1) is 17.2 Å². The summed E-state index contributed by atoms with van der Waals surface area (Å²) in [7, 11) is -2.29. The van der Waals surface area contributed by atoms with Crippen LogP contribution in [0.4, 0.5) is 10.7 Å². The average molecular weight is 461 g/mol. The van der Waals surface area contributed by atoms with E-state index in [2.05, 4.69) is 14.9 Å². The summed E-state index contributed by atoms with van der Waals surface area (Å²) in [5.41, 5.74) is 1.55. The first-order chi connectivity index (χ1) is 14.7. The molecular weight excluding hydrogens is 440 g/mol. The zero-order chi connectivity index (χ0) is 22.6. The van der Waals surface area contributed by atoms with Crippen LogP contribution in [0.25, 0.3) is 0 Å². The summed E-state index contributed by atoms with van der Waals surface area (Å²) < 4.78 is 35.3. The lowest BCUT2D eigenvalue weighted by Gasteiger charge is -2.20. The molecular formula is C20H20N4O5S2. The number of aryl methyl sites for hydroxylation is 1. The van der Waals surface area contributed by atoms with Crippen molar-refractivity contribution in [1.29, 1.82) is 0 Å². The highest BCUT2D eigenvalue weighted by atomic mass is 32.2. The Morgan fingerprint density at radius 1 is 1.10 bits per heavy atom. The van der Waals surface area contributed by atoms with Crippen LogP contribution in [0.15, 0.2) is 53.4 Å². The van der Waals surface area contributed by atoms with Crippen molar-refractivity contribution in [3.63, 3.8) is 0 Å². The lowest BCUT2D eigenvalue weighted by molar-refractivity contribution is 0.0520. The quantitative estimate of drug-likeness (QED) is 0.538. The van der Waals surface area contributed by atoms with E-state index in [1.807, 2.05) is 6.92 Å². The van der Waals surface area contributed by atoms with Crippen molar-refractivity contribution < 1.29 is 22.7 Å². The number of ether oxygens (including phenoxy) is 1. The van der Waals surface area contributed by atoms with Gasteiger partial charge in [-0.2, -0.15) is 0 Å². The maximum absolute atomic E-state index is 12.8. The molecule has 1 N–H and O–H groups in total. The third-order valence-corrected chi connectivity index (χ3v) is 6.80. The van der Waals surface area contributed by atoms with Gasteiger partial charge >= 0.3 is 5.97 Å². The van der Waals surface area contributed by atoms with Gasteiger partial charge in [0.25, 0.3) is 15.9 Å². The molecule has 0 fully saturated rings. The van der Waals surface area contributed by atoms with Crippen LogP contribution in [0.3, 0.4) is 0 Å². The predicted octanol–water partition coefficient (Wildman–Crippen LogP) is 3.10. The van der Waals surface area contributed by atoms with Crippen molar-refractivity contribution in [2.75, 3.05) is 23.3 Å². The fraction of sp³-hybridized carbons (Fsp3) is 0.200. The van der Waals surface area contributed by atoms with E-state index in [4.69, 9.17) is 4.74 Å². The Kier molecular flexibility index (Phi) is 6.66. The van der Waals surface area contributed by atoms with Crippen molar-refractivity contribution in [2.24, 2.45) is 0 Å². The number of carbonyl (C=O) groups is 2. The van der Waals surface area contributed by atoms with Crippen LogP contribution in [0.5, 0.6) is 0 Å². The molecule has 0 saturated heterocycles. The minimum Gasteiger partial charge on any atom is -0.461 e. The van der Waals surface area contributed by atoms with Gasteiger partial charge in [0.1, 0.15) is 0 Å². The van der Waals surface area contributed by atoms with E-state index in [9.17, 15) is 18.0 Å². The zero-order valence-corrected chi connectivity index (χ0v) is 18.7. The van der Waals surface area contributed by atoms with Gasteiger partial charge in [-0.15, -0.1) is 5.10 Å². The third kappa shape index (κ3) is 4.89. The van der Waals surface area contributed by atoms with Crippen LogP contribution in [0, 0.1) is 6.92 Å². The molecule has 11 heteroatoms. The molecule has 0 radical (unpaired) electrons. The molecule has 162 valence electrons. The Bertz CT molecular complexity index is 1190. The number of hydrogen-bond donors (Lipinski definition) is 1. The van der Waals surface area contributed by atoms with Crippen molar-refractivity contribution >= 4 is 44.1 Å².